The molecule has 0 spiro atoms. The molecule has 1 heterocycles. The highest BCUT2D eigenvalue weighted by Crippen LogP contribution is 2.18. The number of carbonyl (C=O) groups is 1. The normalized spacial score (nSPS) is 19.9. The van der Waals surface area contributed by atoms with Crippen molar-refractivity contribution in [3.05, 3.63) is 35.6 Å². The van der Waals surface area contributed by atoms with Gasteiger partial charge in [-0.25, -0.2) is 4.39 Å². The molecular weight excluding hydrogens is 301 g/mol. The van der Waals surface area contributed by atoms with Crippen LogP contribution in [0, 0.1) is 5.82 Å². The smallest absolute Gasteiger partial charge is 0.221 e. The fourth-order valence-corrected chi connectivity index (χ4v) is 3.52. The Labute approximate surface area is 135 Å². The Morgan fingerprint density at radius 1 is 1.55 bits per heavy atom. The van der Waals surface area contributed by atoms with Gasteiger partial charge >= 0.3 is 0 Å². The van der Waals surface area contributed by atoms with Crippen molar-refractivity contribution in [3.8, 4) is 0 Å². The van der Waals surface area contributed by atoms with Crippen molar-refractivity contribution >= 4 is 17.7 Å². The summed E-state index contributed by atoms with van der Waals surface area (Å²) in [5, 5.41) is 6.33. The molecule has 0 aromatic heterocycles. The maximum absolute atomic E-state index is 13.4. The molecule has 2 rings (SSSR count). The van der Waals surface area contributed by atoms with E-state index in [1.54, 1.807) is 6.07 Å². The summed E-state index contributed by atoms with van der Waals surface area (Å²) in [5.41, 5.74) is 0.872. The third-order valence-electron chi connectivity index (χ3n) is 3.78. The average Bonchev–Trinajstić information content (AvgIpc) is 2.48. The van der Waals surface area contributed by atoms with Gasteiger partial charge in [0.05, 0.1) is 6.04 Å². The standard InChI is InChI=1S/C16H24FN3OS/c1-20(2)15(12-4-3-5-13(17)8-12)10-19-16(21)9-14-11-22-7-6-18-14/h3-5,8,14-15,18H,6-7,9-11H2,1-2H3,(H,19,21). The van der Waals surface area contributed by atoms with Crippen molar-refractivity contribution in [2.45, 2.75) is 18.5 Å². The van der Waals surface area contributed by atoms with Crippen LogP contribution in [0.4, 0.5) is 4.39 Å². The van der Waals surface area contributed by atoms with E-state index in [1.165, 1.54) is 12.1 Å². The Hall–Kier alpha value is -1.11. The quantitative estimate of drug-likeness (QED) is 0.835. The third kappa shape index (κ3) is 5.26. The Morgan fingerprint density at radius 2 is 2.36 bits per heavy atom. The zero-order valence-electron chi connectivity index (χ0n) is 13.1. The van der Waals surface area contributed by atoms with E-state index in [1.807, 2.05) is 36.8 Å². The molecule has 1 saturated heterocycles. The summed E-state index contributed by atoms with van der Waals surface area (Å²) < 4.78 is 13.4. The van der Waals surface area contributed by atoms with E-state index in [9.17, 15) is 9.18 Å². The summed E-state index contributed by atoms with van der Waals surface area (Å²) in [6.07, 6.45) is 0.496. The number of rotatable bonds is 6. The molecule has 2 N–H and O–H groups in total. The Balaban J connectivity index is 1.87. The van der Waals surface area contributed by atoms with Crippen LogP contribution in [0.3, 0.4) is 0 Å². The summed E-state index contributed by atoms with van der Waals surface area (Å²) in [4.78, 5) is 14.1. The van der Waals surface area contributed by atoms with Crippen molar-refractivity contribution in [1.29, 1.82) is 0 Å². The van der Waals surface area contributed by atoms with Crippen LogP contribution in [0.2, 0.25) is 0 Å². The lowest BCUT2D eigenvalue weighted by Crippen LogP contribution is -2.42. The highest BCUT2D eigenvalue weighted by atomic mass is 32.2. The molecule has 0 aliphatic carbocycles. The Kier molecular flexibility index (Phi) is 6.67. The average molecular weight is 325 g/mol. The number of thioether (sulfide) groups is 1. The van der Waals surface area contributed by atoms with Crippen LogP contribution in [-0.4, -0.2) is 55.5 Å². The number of benzene rings is 1. The molecule has 2 atom stereocenters. The first-order valence-electron chi connectivity index (χ1n) is 7.56. The van der Waals surface area contributed by atoms with Gasteiger partial charge in [0.25, 0.3) is 0 Å². The van der Waals surface area contributed by atoms with E-state index in [-0.39, 0.29) is 23.8 Å². The SMILES string of the molecule is CN(C)C(CNC(=O)CC1CSCCN1)c1cccc(F)c1. The van der Waals surface area contributed by atoms with E-state index in [4.69, 9.17) is 0 Å². The zero-order chi connectivity index (χ0) is 15.9. The van der Waals surface area contributed by atoms with Crippen molar-refractivity contribution in [2.75, 3.05) is 38.7 Å². The molecule has 122 valence electrons. The topological polar surface area (TPSA) is 44.4 Å². The number of amides is 1. The second-order valence-corrected chi connectivity index (χ2v) is 6.92. The molecule has 6 heteroatoms. The van der Waals surface area contributed by atoms with Crippen LogP contribution in [0.5, 0.6) is 0 Å². The monoisotopic (exact) mass is 325 g/mol. The summed E-state index contributed by atoms with van der Waals surface area (Å²) in [6, 6.07) is 6.77. The fourth-order valence-electron chi connectivity index (χ4n) is 2.57. The van der Waals surface area contributed by atoms with Gasteiger partial charge in [0.15, 0.2) is 0 Å². The molecule has 1 aliphatic rings. The highest BCUT2D eigenvalue weighted by Gasteiger charge is 2.19. The summed E-state index contributed by atoms with van der Waals surface area (Å²) in [5.74, 6) is 1.89. The van der Waals surface area contributed by atoms with Crippen molar-refractivity contribution < 1.29 is 9.18 Å². The summed E-state index contributed by atoms with van der Waals surface area (Å²) >= 11 is 1.88. The molecule has 1 aliphatic heterocycles. The number of carbonyl (C=O) groups excluding carboxylic acids is 1. The van der Waals surface area contributed by atoms with Gasteiger partial charge < -0.3 is 15.5 Å². The zero-order valence-corrected chi connectivity index (χ0v) is 14.0. The van der Waals surface area contributed by atoms with Gasteiger partial charge in [-0.2, -0.15) is 11.8 Å². The van der Waals surface area contributed by atoms with Gasteiger partial charge in [0.2, 0.25) is 5.91 Å². The predicted molar refractivity (Wildman–Crippen MR) is 89.6 cm³/mol. The molecule has 1 fully saturated rings. The summed E-state index contributed by atoms with van der Waals surface area (Å²) in [7, 11) is 3.86. The first kappa shape index (κ1) is 17.2. The molecule has 22 heavy (non-hydrogen) atoms. The van der Waals surface area contributed by atoms with E-state index in [0.29, 0.717) is 13.0 Å². The lowest BCUT2D eigenvalue weighted by molar-refractivity contribution is -0.121. The molecule has 0 bridgehead atoms. The highest BCUT2D eigenvalue weighted by molar-refractivity contribution is 7.99. The summed E-state index contributed by atoms with van der Waals surface area (Å²) in [6.45, 7) is 1.45. The minimum Gasteiger partial charge on any atom is -0.354 e. The van der Waals surface area contributed by atoms with Crippen LogP contribution < -0.4 is 10.6 Å². The van der Waals surface area contributed by atoms with Crippen LogP contribution in [-0.2, 0) is 4.79 Å². The molecule has 1 aromatic carbocycles. The minimum atomic E-state index is -0.251. The van der Waals surface area contributed by atoms with E-state index >= 15 is 0 Å². The van der Waals surface area contributed by atoms with Gasteiger partial charge in [-0.1, -0.05) is 12.1 Å². The van der Waals surface area contributed by atoms with Crippen LogP contribution in [0.25, 0.3) is 0 Å². The van der Waals surface area contributed by atoms with Gasteiger partial charge in [-0.15, -0.1) is 0 Å². The molecule has 1 aromatic rings. The number of hydrogen-bond acceptors (Lipinski definition) is 4. The first-order valence-corrected chi connectivity index (χ1v) is 8.71. The molecule has 4 nitrogen and oxygen atoms in total. The number of halogens is 1. The Morgan fingerprint density at radius 3 is 3.00 bits per heavy atom. The number of nitrogens with zero attached hydrogens (tertiary/aromatic N) is 1. The van der Waals surface area contributed by atoms with Crippen molar-refractivity contribution in [2.24, 2.45) is 0 Å². The van der Waals surface area contributed by atoms with Gasteiger partial charge in [0.1, 0.15) is 5.82 Å². The van der Waals surface area contributed by atoms with Gasteiger partial charge in [-0.05, 0) is 31.8 Å². The van der Waals surface area contributed by atoms with E-state index in [0.717, 1.165) is 23.6 Å². The molecule has 2 unspecified atom stereocenters. The Bertz CT molecular complexity index is 492. The second-order valence-electron chi connectivity index (χ2n) is 5.77. The van der Waals surface area contributed by atoms with Gasteiger partial charge in [-0.3, -0.25) is 4.79 Å². The van der Waals surface area contributed by atoms with E-state index < -0.39 is 0 Å². The third-order valence-corrected chi connectivity index (χ3v) is 4.91. The van der Waals surface area contributed by atoms with Crippen LogP contribution in [0.1, 0.15) is 18.0 Å². The lowest BCUT2D eigenvalue weighted by atomic mass is 10.1. The minimum absolute atomic E-state index is 0.0339. The van der Waals surface area contributed by atoms with Crippen molar-refractivity contribution in [1.82, 2.24) is 15.5 Å². The largest absolute Gasteiger partial charge is 0.354 e. The number of likely N-dealkylation sites (N-methyl/N-ethyl adjacent to an activating group) is 1. The second kappa shape index (κ2) is 8.50. The lowest BCUT2D eigenvalue weighted by Gasteiger charge is -2.26. The van der Waals surface area contributed by atoms with E-state index in [2.05, 4.69) is 10.6 Å². The molecule has 0 saturated carbocycles. The van der Waals surface area contributed by atoms with Crippen LogP contribution >= 0.6 is 11.8 Å². The van der Waals surface area contributed by atoms with Crippen molar-refractivity contribution in [3.63, 3.8) is 0 Å². The van der Waals surface area contributed by atoms with Crippen LogP contribution in [0.15, 0.2) is 24.3 Å². The maximum atomic E-state index is 13.4. The number of nitrogens with one attached hydrogen (secondary N) is 2. The molecular formula is C16H24FN3OS. The molecule has 1 amide bonds. The maximum Gasteiger partial charge on any atom is 0.221 e. The predicted octanol–water partition coefficient (Wildman–Crippen LogP) is 1.64. The first-order chi connectivity index (χ1) is 10.6. The number of hydrogen-bond donors (Lipinski definition) is 2. The van der Waals surface area contributed by atoms with Gasteiger partial charge in [0, 0.05) is 37.1 Å². The molecule has 0 radical (unpaired) electrons. The fraction of sp³-hybridized carbons (Fsp3) is 0.562.